The molecule has 2 amide bonds. The predicted molar refractivity (Wildman–Crippen MR) is 130 cm³/mol. The first-order valence-electron chi connectivity index (χ1n) is 11.1. The largest absolute Gasteiger partial charge is 0.479 e. The number of fused-ring (bicyclic) bond motifs is 3. The lowest BCUT2D eigenvalue weighted by Gasteiger charge is -2.17. The number of amides is 2. The van der Waals surface area contributed by atoms with Crippen molar-refractivity contribution < 1.29 is 24.2 Å². The Morgan fingerprint density at radius 3 is 2.24 bits per heavy atom. The number of thiophene rings is 1. The van der Waals surface area contributed by atoms with Gasteiger partial charge in [0, 0.05) is 23.3 Å². The first kappa shape index (κ1) is 23.5. The van der Waals surface area contributed by atoms with Gasteiger partial charge in [0.1, 0.15) is 6.61 Å². The molecule has 7 nitrogen and oxygen atoms in total. The van der Waals surface area contributed by atoms with Crippen LogP contribution in [0, 0.1) is 5.92 Å². The lowest BCUT2D eigenvalue weighted by atomic mass is 9.98. The lowest BCUT2D eigenvalue weighted by Crippen LogP contribution is -2.38. The molecule has 3 aromatic rings. The van der Waals surface area contributed by atoms with Crippen molar-refractivity contribution in [3.8, 4) is 11.1 Å². The summed E-state index contributed by atoms with van der Waals surface area (Å²) in [7, 11) is 0. The van der Waals surface area contributed by atoms with E-state index in [0.717, 1.165) is 22.3 Å². The van der Waals surface area contributed by atoms with Gasteiger partial charge < -0.3 is 20.5 Å². The van der Waals surface area contributed by atoms with Crippen molar-refractivity contribution in [1.29, 1.82) is 0 Å². The van der Waals surface area contributed by atoms with Gasteiger partial charge >= 0.3 is 12.1 Å². The fraction of sp³-hybridized carbons (Fsp3) is 0.269. The van der Waals surface area contributed by atoms with Gasteiger partial charge in [0.05, 0.1) is 0 Å². The number of ether oxygens (including phenoxy) is 1. The number of rotatable bonds is 9. The van der Waals surface area contributed by atoms with E-state index in [-0.39, 0.29) is 25.0 Å². The van der Waals surface area contributed by atoms with E-state index in [2.05, 4.69) is 34.9 Å². The first-order chi connectivity index (χ1) is 16.5. The minimum Gasteiger partial charge on any atom is -0.479 e. The minimum absolute atomic E-state index is 0.0203. The van der Waals surface area contributed by atoms with Gasteiger partial charge in [-0.05, 0) is 40.1 Å². The molecule has 1 heterocycles. The summed E-state index contributed by atoms with van der Waals surface area (Å²) in [6.45, 7) is 2.15. The van der Waals surface area contributed by atoms with Gasteiger partial charge in [-0.2, -0.15) is 0 Å². The van der Waals surface area contributed by atoms with Crippen LogP contribution >= 0.6 is 11.3 Å². The van der Waals surface area contributed by atoms with E-state index in [9.17, 15) is 19.5 Å². The Hall–Kier alpha value is -3.65. The molecule has 2 atom stereocenters. The Bertz CT molecular complexity index is 1130. The summed E-state index contributed by atoms with van der Waals surface area (Å²) in [4.78, 5) is 36.8. The molecule has 176 valence electrons. The summed E-state index contributed by atoms with van der Waals surface area (Å²) in [6.07, 6.45) is -0.191. The molecular weight excluding hydrogens is 452 g/mol. The molecule has 0 radical (unpaired) electrons. The molecule has 0 aliphatic heterocycles. The summed E-state index contributed by atoms with van der Waals surface area (Å²) in [5, 5.41) is 16.4. The number of alkyl carbamates (subject to hydrolysis) is 1. The van der Waals surface area contributed by atoms with Crippen molar-refractivity contribution >= 4 is 29.3 Å². The summed E-state index contributed by atoms with van der Waals surface area (Å²) < 4.78 is 5.50. The number of hydrogen-bond donors (Lipinski definition) is 3. The van der Waals surface area contributed by atoms with Crippen LogP contribution in [-0.4, -0.2) is 36.2 Å². The van der Waals surface area contributed by atoms with Crippen molar-refractivity contribution in [1.82, 2.24) is 10.6 Å². The molecule has 4 rings (SSSR count). The van der Waals surface area contributed by atoms with Crippen LogP contribution in [0.15, 0.2) is 66.0 Å². The third-order valence-electron chi connectivity index (χ3n) is 6.00. The Morgan fingerprint density at radius 1 is 1.00 bits per heavy atom. The van der Waals surface area contributed by atoms with Crippen LogP contribution in [0.5, 0.6) is 0 Å². The fourth-order valence-electron chi connectivity index (χ4n) is 4.17. The molecule has 8 heteroatoms. The second-order valence-corrected chi connectivity index (χ2v) is 9.22. The molecule has 0 spiro atoms. The van der Waals surface area contributed by atoms with Gasteiger partial charge in [-0.3, -0.25) is 4.79 Å². The zero-order chi connectivity index (χ0) is 24.1. The van der Waals surface area contributed by atoms with Crippen molar-refractivity contribution in [2.45, 2.75) is 25.3 Å². The van der Waals surface area contributed by atoms with Crippen LogP contribution in [0.25, 0.3) is 11.1 Å². The second-order valence-electron chi connectivity index (χ2n) is 8.24. The highest BCUT2D eigenvalue weighted by atomic mass is 32.1. The summed E-state index contributed by atoms with van der Waals surface area (Å²) in [5.74, 6) is -1.99. The maximum atomic E-state index is 12.4. The van der Waals surface area contributed by atoms with E-state index < -0.39 is 24.0 Å². The van der Waals surface area contributed by atoms with Crippen molar-refractivity contribution in [3.05, 3.63) is 82.0 Å². The summed E-state index contributed by atoms with van der Waals surface area (Å²) in [5.41, 5.74) is 4.60. The summed E-state index contributed by atoms with van der Waals surface area (Å²) in [6, 6.07) is 18.6. The third kappa shape index (κ3) is 5.12. The standard InChI is InChI=1S/C26H26N2O5S/c1-16(24(29)28-23(25(30)31)22-11-6-14-34-22)12-13-27-26(32)33-15-21-19-9-4-2-7-17(19)18-8-3-5-10-20(18)21/h2-11,14,16,21,23H,12-13,15H2,1H3,(H,27,32)(H,28,29)(H,30,31). The second kappa shape index (κ2) is 10.5. The van der Waals surface area contributed by atoms with Crippen LogP contribution < -0.4 is 10.6 Å². The molecule has 34 heavy (non-hydrogen) atoms. The number of nitrogens with one attached hydrogen (secondary N) is 2. The minimum atomic E-state index is -1.11. The average Bonchev–Trinajstić information content (AvgIpc) is 3.47. The molecular formula is C26H26N2O5S. The monoisotopic (exact) mass is 478 g/mol. The Morgan fingerprint density at radius 2 is 1.65 bits per heavy atom. The topological polar surface area (TPSA) is 105 Å². The van der Waals surface area contributed by atoms with E-state index in [0.29, 0.717) is 11.3 Å². The highest BCUT2D eigenvalue weighted by Crippen LogP contribution is 2.44. The lowest BCUT2D eigenvalue weighted by molar-refractivity contribution is -0.142. The van der Waals surface area contributed by atoms with Gasteiger partial charge in [-0.25, -0.2) is 9.59 Å². The molecule has 1 aromatic heterocycles. The van der Waals surface area contributed by atoms with Crippen LogP contribution in [0.2, 0.25) is 0 Å². The zero-order valence-corrected chi connectivity index (χ0v) is 19.5. The molecule has 2 aromatic carbocycles. The Balaban J connectivity index is 1.25. The van der Waals surface area contributed by atoms with Gasteiger partial charge in [-0.15, -0.1) is 11.3 Å². The van der Waals surface area contributed by atoms with Crippen LogP contribution in [-0.2, 0) is 14.3 Å². The molecule has 0 fully saturated rings. The SMILES string of the molecule is CC(CCNC(=O)OCC1c2ccccc2-c2ccccc21)C(=O)NC(C(=O)O)c1cccs1. The van der Waals surface area contributed by atoms with E-state index in [1.54, 1.807) is 24.4 Å². The molecule has 0 saturated carbocycles. The van der Waals surface area contributed by atoms with E-state index in [1.165, 1.54) is 11.3 Å². The average molecular weight is 479 g/mol. The number of carboxylic acid groups (broad SMARTS) is 1. The van der Waals surface area contributed by atoms with Crippen LogP contribution in [0.3, 0.4) is 0 Å². The summed E-state index contributed by atoms with van der Waals surface area (Å²) >= 11 is 1.27. The molecule has 0 saturated heterocycles. The van der Waals surface area contributed by atoms with Crippen LogP contribution in [0.4, 0.5) is 4.79 Å². The maximum absolute atomic E-state index is 12.4. The van der Waals surface area contributed by atoms with Gasteiger partial charge in [-0.1, -0.05) is 61.5 Å². The highest BCUT2D eigenvalue weighted by molar-refractivity contribution is 7.10. The van der Waals surface area contributed by atoms with Gasteiger partial charge in [0.25, 0.3) is 0 Å². The molecule has 3 N–H and O–H groups in total. The molecule has 1 aliphatic carbocycles. The molecule has 1 aliphatic rings. The van der Waals surface area contributed by atoms with Crippen LogP contribution in [0.1, 0.15) is 41.3 Å². The van der Waals surface area contributed by atoms with E-state index in [1.807, 2.05) is 24.3 Å². The predicted octanol–water partition coefficient (Wildman–Crippen LogP) is 4.55. The number of carboxylic acids is 1. The van der Waals surface area contributed by atoms with Crippen molar-refractivity contribution in [2.75, 3.05) is 13.2 Å². The fourth-order valence-corrected chi connectivity index (χ4v) is 4.93. The van der Waals surface area contributed by atoms with Gasteiger partial charge in [0.2, 0.25) is 5.91 Å². The van der Waals surface area contributed by atoms with Crippen molar-refractivity contribution in [2.24, 2.45) is 5.92 Å². The maximum Gasteiger partial charge on any atom is 0.407 e. The highest BCUT2D eigenvalue weighted by Gasteiger charge is 2.29. The number of aliphatic carboxylic acids is 1. The smallest absolute Gasteiger partial charge is 0.407 e. The Labute approximate surface area is 201 Å². The number of benzene rings is 2. The first-order valence-corrected chi connectivity index (χ1v) is 12.0. The van der Waals surface area contributed by atoms with E-state index >= 15 is 0 Å². The third-order valence-corrected chi connectivity index (χ3v) is 6.94. The normalized spacial score (nSPS) is 13.9. The zero-order valence-electron chi connectivity index (χ0n) is 18.7. The number of carbonyl (C=O) groups excluding carboxylic acids is 2. The van der Waals surface area contributed by atoms with Crippen molar-refractivity contribution in [3.63, 3.8) is 0 Å². The number of carbonyl (C=O) groups is 3. The number of hydrogen-bond acceptors (Lipinski definition) is 5. The van der Waals surface area contributed by atoms with Gasteiger partial charge in [0.15, 0.2) is 6.04 Å². The Kier molecular flexibility index (Phi) is 7.27. The molecule has 0 bridgehead atoms. The van der Waals surface area contributed by atoms with E-state index in [4.69, 9.17) is 4.74 Å². The molecule has 2 unspecified atom stereocenters. The quantitative estimate of drug-likeness (QED) is 0.418.